The van der Waals surface area contributed by atoms with E-state index in [1.807, 2.05) is 18.2 Å². The number of hydrogen-bond acceptors (Lipinski definition) is 4. The van der Waals surface area contributed by atoms with Crippen molar-refractivity contribution in [2.24, 2.45) is 0 Å². The Morgan fingerprint density at radius 2 is 1.86 bits per heavy atom. The summed E-state index contributed by atoms with van der Waals surface area (Å²) in [6.45, 7) is 4.20. The van der Waals surface area contributed by atoms with Gasteiger partial charge in [0.1, 0.15) is 0 Å². The highest BCUT2D eigenvalue weighted by atomic mass is 16.2. The molecule has 1 aromatic carbocycles. The van der Waals surface area contributed by atoms with E-state index in [2.05, 4.69) is 34.1 Å². The fraction of sp³-hybridized carbons (Fsp3) is 0.435. The van der Waals surface area contributed by atoms with Crippen LogP contribution in [0.1, 0.15) is 37.3 Å². The van der Waals surface area contributed by atoms with Gasteiger partial charge in [0.2, 0.25) is 5.91 Å². The largest absolute Gasteiger partial charge is 0.333 e. The normalized spacial score (nSPS) is 16.5. The Morgan fingerprint density at radius 3 is 2.57 bits per heavy atom. The molecule has 1 aromatic heterocycles. The smallest absolute Gasteiger partial charge is 0.220 e. The molecule has 5 heteroatoms. The lowest BCUT2D eigenvalue weighted by atomic mass is 10.1. The van der Waals surface area contributed by atoms with Crippen molar-refractivity contribution in [3.05, 3.63) is 66.0 Å². The molecule has 0 aliphatic carbocycles. The number of benzene rings is 1. The molecule has 1 amide bonds. The number of Topliss-reactive ketones (excluding diaryl/α,β-unsaturated/α-hetero) is 1. The van der Waals surface area contributed by atoms with Crippen LogP contribution in [0.3, 0.4) is 0 Å². The Bertz CT molecular complexity index is 764. The fourth-order valence-electron chi connectivity index (χ4n) is 3.92. The van der Waals surface area contributed by atoms with Gasteiger partial charge in [0.15, 0.2) is 5.78 Å². The number of pyridine rings is 1. The summed E-state index contributed by atoms with van der Waals surface area (Å²) in [5, 5.41) is 0. The van der Waals surface area contributed by atoms with Crippen molar-refractivity contribution in [3.8, 4) is 0 Å². The quantitative estimate of drug-likeness (QED) is 0.672. The maximum Gasteiger partial charge on any atom is 0.220 e. The first-order valence-corrected chi connectivity index (χ1v) is 10.1. The molecule has 1 aliphatic rings. The molecule has 0 unspecified atom stereocenters. The minimum absolute atomic E-state index is 0.000566. The van der Waals surface area contributed by atoms with Crippen molar-refractivity contribution in [1.29, 1.82) is 0 Å². The molecule has 3 rings (SSSR count). The van der Waals surface area contributed by atoms with Crippen LogP contribution in [-0.4, -0.2) is 52.2 Å². The van der Waals surface area contributed by atoms with Gasteiger partial charge < -0.3 is 4.90 Å². The zero-order valence-electron chi connectivity index (χ0n) is 16.6. The average Bonchev–Trinajstić information content (AvgIpc) is 3.20. The number of rotatable bonds is 9. The van der Waals surface area contributed by atoms with Gasteiger partial charge in [0, 0.05) is 32.4 Å². The van der Waals surface area contributed by atoms with Gasteiger partial charge in [0.05, 0.1) is 12.6 Å². The summed E-state index contributed by atoms with van der Waals surface area (Å²) < 4.78 is 0. The summed E-state index contributed by atoms with van der Waals surface area (Å²) in [6, 6.07) is 14.2. The van der Waals surface area contributed by atoms with Crippen LogP contribution in [0.25, 0.3) is 0 Å². The number of hydrogen-bond donors (Lipinski definition) is 0. The fourth-order valence-corrected chi connectivity index (χ4v) is 3.92. The number of carbonyl (C=O) groups is 2. The molecule has 0 saturated carbocycles. The van der Waals surface area contributed by atoms with E-state index >= 15 is 0 Å². The number of likely N-dealkylation sites (tertiary alicyclic amines) is 1. The number of carbonyl (C=O) groups excluding carboxylic acids is 2. The predicted molar refractivity (Wildman–Crippen MR) is 110 cm³/mol. The molecular formula is C23H29N3O2. The SMILES string of the molecule is CC(=O)N1CCC[C@H]1C(=O)CN(CCCc1ccccc1)Cc1ccncc1. The molecule has 2 aromatic rings. The van der Waals surface area contributed by atoms with E-state index in [4.69, 9.17) is 0 Å². The van der Waals surface area contributed by atoms with Gasteiger partial charge in [-0.3, -0.25) is 19.5 Å². The number of aromatic nitrogens is 1. The number of aryl methyl sites for hydroxylation is 1. The minimum atomic E-state index is -0.258. The molecular weight excluding hydrogens is 350 g/mol. The van der Waals surface area contributed by atoms with Gasteiger partial charge in [-0.1, -0.05) is 30.3 Å². The van der Waals surface area contributed by atoms with E-state index in [-0.39, 0.29) is 17.7 Å². The second kappa shape index (κ2) is 10.1. The summed E-state index contributed by atoms with van der Waals surface area (Å²) in [5.41, 5.74) is 2.47. The van der Waals surface area contributed by atoms with Crippen LogP contribution in [0.2, 0.25) is 0 Å². The van der Waals surface area contributed by atoms with Gasteiger partial charge in [-0.25, -0.2) is 0 Å². The molecule has 0 bridgehead atoms. The van der Waals surface area contributed by atoms with Crippen molar-refractivity contribution in [2.45, 2.75) is 45.2 Å². The van der Waals surface area contributed by atoms with Crippen molar-refractivity contribution in [3.63, 3.8) is 0 Å². The number of nitrogens with zero attached hydrogens (tertiary/aromatic N) is 3. The molecule has 148 valence electrons. The van der Waals surface area contributed by atoms with E-state index in [0.29, 0.717) is 13.1 Å². The lowest BCUT2D eigenvalue weighted by molar-refractivity contribution is -0.136. The third-order valence-corrected chi connectivity index (χ3v) is 5.35. The lowest BCUT2D eigenvalue weighted by Crippen LogP contribution is -2.44. The summed E-state index contributed by atoms with van der Waals surface area (Å²) in [4.78, 5) is 32.8. The minimum Gasteiger partial charge on any atom is -0.333 e. The van der Waals surface area contributed by atoms with Gasteiger partial charge in [-0.2, -0.15) is 0 Å². The van der Waals surface area contributed by atoms with Gasteiger partial charge in [-0.15, -0.1) is 0 Å². The van der Waals surface area contributed by atoms with Crippen molar-refractivity contribution in [1.82, 2.24) is 14.8 Å². The van der Waals surface area contributed by atoms with E-state index in [9.17, 15) is 9.59 Å². The molecule has 2 heterocycles. The molecule has 0 spiro atoms. The Labute approximate surface area is 167 Å². The Morgan fingerprint density at radius 1 is 1.11 bits per heavy atom. The third-order valence-electron chi connectivity index (χ3n) is 5.35. The second-order valence-electron chi connectivity index (χ2n) is 7.49. The van der Waals surface area contributed by atoms with Crippen LogP contribution in [0.15, 0.2) is 54.9 Å². The summed E-state index contributed by atoms with van der Waals surface area (Å²) in [5.74, 6) is 0.155. The second-order valence-corrected chi connectivity index (χ2v) is 7.49. The summed E-state index contributed by atoms with van der Waals surface area (Å²) in [7, 11) is 0. The molecule has 0 radical (unpaired) electrons. The van der Waals surface area contributed by atoms with Crippen LogP contribution >= 0.6 is 0 Å². The molecule has 28 heavy (non-hydrogen) atoms. The monoisotopic (exact) mass is 379 g/mol. The molecule has 5 nitrogen and oxygen atoms in total. The van der Waals surface area contributed by atoms with Crippen LogP contribution < -0.4 is 0 Å². The summed E-state index contributed by atoms with van der Waals surface area (Å²) >= 11 is 0. The van der Waals surface area contributed by atoms with E-state index in [1.54, 1.807) is 24.2 Å². The Hall–Kier alpha value is -2.53. The molecule has 1 atom stereocenters. The maximum absolute atomic E-state index is 12.9. The van der Waals surface area contributed by atoms with E-state index in [0.717, 1.165) is 44.3 Å². The molecule has 1 saturated heterocycles. The standard InChI is InChI=1S/C23H29N3O2/c1-19(27)26-16-6-10-22(26)23(28)18-25(17-21-11-13-24-14-12-21)15-5-9-20-7-3-2-4-8-20/h2-4,7-8,11-14,22H,5-6,9-10,15-18H2,1H3/t22-/m0/s1. The number of amides is 1. The van der Waals surface area contributed by atoms with Gasteiger partial charge in [-0.05, 0) is 55.5 Å². The van der Waals surface area contributed by atoms with Crippen LogP contribution in [-0.2, 0) is 22.6 Å². The highest BCUT2D eigenvalue weighted by Gasteiger charge is 2.32. The van der Waals surface area contributed by atoms with Crippen LogP contribution in [0.4, 0.5) is 0 Å². The highest BCUT2D eigenvalue weighted by molar-refractivity contribution is 5.90. The zero-order valence-corrected chi connectivity index (χ0v) is 16.6. The van der Waals surface area contributed by atoms with Crippen molar-refractivity contribution >= 4 is 11.7 Å². The zero-order chi connectivity index (χ0) is 19.8. The molecule has 0 N–H and O–H groups in total. The van der Waals surface area contributed by atoms with Crippen LogP contribution in [0.5, 0.6) is 0 Å². The third kappa shape index (κ3) is 5.73. The van der Waals surface area contributed by atoms with E-state index in [1.165, 1.54) is 5.56 Å². The molecule has 1 aliphatic heterocycles. The lowest BCUT2D eigenvalue weighted by Gasteiger charge is -2.27. The maximum atomic E-state index is 12.9. The summed E-state index contributed by atoms with van der Waals surface area (Å²) in [6.07, 6.45) is 7.25. The Kier molecular flexibility index (Phi) is 7.31. The number of ketones is 1. The Balaban J connectivity index is 1.61. The molecule has 1 fully saturated rings. The highest BCUT2D eigenvalue weighted by Crippen LogP contribution is 2.19. The first-order valence-electron chi connectivity index (χ1n) is 10.1. The van der Waals surface area contributed by atoms with Gasteiger partial charge >= 0.3 is 0 Å². The van der Waals surface area contributed by atoms with Crippen LogP contribution in [0, 0.1) is 0 Å². The first kappa shape index (κ1) is 20.2. The van der Waals surface area contributed by atoms with E-state index < -0.39 is 0 Å². The van der Waals surface area contributed by atoms with Crippen molar-refractivity contribution < 1.29 is 9.59 Å². The average molecular weight is 380 g/mol. The topological polar surface area (TPSA) is 53.5 Å². The predicted octanol–water partition coefficient (Wildman–Crippen LogP) is 3.10. The van der Waals surface area contributed by atoms with Gasteiger partial charge in [0.25, 0.3) is 0 Å². The van der Waals surface area contributed by atoms with Crippen molar-refractivity contribution in [2.75, 3.05) is 19.6 Å². The first-order chi connectivity index (χ1) is 13.6.